The largest absolute Gasteiger partial charge is 0.497 e. The minimum absolute atomic E-state index is 0.949. The molecule has 17 heavy (non-hydrogen) atoms. The van der Waals surface area contributed by atoms with Crippen LogP contribution in [0.4, 0.5) is 5.69 Å². The van der Waals surface area contributed by atoms with Crippen molar-refractivity contribution in [1.29, 1.82) is 0 Å². The number of methoxy groups -OCH3 is 1. The fraction of sp³-hybridized carbons (Fsp3) is 0.600. The number of nitrogens with zero attached hydrogens (tertiary/aromatic N) is 1. The van der Waals surface area contributed by atoms with E-state index in [4.69, 9.17) is 4.74 Å². The first-order chi connectivity index (χ1) is 8.36. The smallest absolute Gasteiger partial charge is 0.119 e. The van der Waals surface area contributed by atoms with Crippen LogP contribution in [0.15, 0.2) is 24.3 Å². The molecule has 0 N–H and O–H groups in total. The molecule has 2 aliphatic rings. The highest BCUT2D eigenvalue weighted by Crippen LogP contribution is 2.38. The molecule has 2 fully saturated rings. The van der Waals surface area contributed by atoms with Crippen LogP contribution in [0.2, 0.25) is 0 Å². The van der Waals surface area contributed by atoms with Gasteiger partial charge in [-0.1, -0.05) is 12.8 Å². The Hall–Kier alpha value is -1.18. The molecule has 2 heteroatoms. The average molecular weight is 231 g/mol. The van der Waals surface area contributed by atoms with Gasteiger partial charge in [0.1, 0.15) is 5.75 Å². The van der Waals surface area contributed by atoms with Gasteiger partial charge in [-0.05, 0) is 48.9 Å². The van der Waals surface area contributed by atoms with Gasteiger partial charge in [-0.25, -0.2) is 0 Å². The summed E-state index contributed by atoms with van der Waals surface area (Å²) in [4.78, 5) is 2.56. The van der Waals surface area contributed by atoms with Gasteiger partial charge in [-0.2, -0.15) is 0 Å². The first-order valence-electron chi connectivity index (χ1n) is 6.76. The van der Waals surface area contributed by atoms with Gasteiger partial charge in [0.2, 0.25) is 0 Å². The zero-order valence-corrected chi connectivity index (χ0v) is 10.6. The highest BCUT2D eigenvalue weighted by atomic mass is 16.5. The minimum Gasteiger partial charge on any atom is -0.497 e. The monoisotopic (exact) mass is 231 g/mol. The summed E-state index contributed by atoms with van der Waals surface area (Å²) in [6.07, 6.45) is 5.77. The van der Waals surface area contributed by atoms with Gasteiger partial charge in [-0.15, -0.1) is 0 Å². The van der Waals surface area contributed by atoms with Crippen LogP contribution in [0.25, 0.3) is 0 Å². The van der Waals surface area contributed by atoms with Crippen LogP contribution in [-0.2, 0) is 0 Å². The van der Waals surface area contributed by atoms with E-state index >= 15 is 0 Å². The van der Waals surface area contributed by atoms with E-state index in [-0.39, 0.29) is 0 Å². The predicted molar refractivity (Wildman–Crippen MR) is 70.7 cm³/mol. The van der Waals surface area contributed by atoms with Crippen molar-refractivity contribution in [1.82, 2.24) is 0 Å². The minimum atomic E-state index is 0.949. The van der Waals surface area contributed by atoms with Gasteiger partial charge in [0, 0.05) is 18.8 Å². The number of hydrogen-bond acceptors (Lipinski definition) is 2. The van der Waals surface area contributed by atoms with Gasteiger partial charge >= 0.3 is 0 Å². The standard InChI is InChI=1S/C15H21NO/c1-17-15-8-6-14(7-9-15)16-10-12-4-2-3-5-13(12)11-16/h6-9,12-13H,2-5,10-11H2,1H3/t12-,13+. The lowest BCUT2D eigenvalue weighted by Gasteiger charge is -2.22. The zero-order valence-electron chi connectivity index (χ0n) is 10.6. The van der Waals surface area contributed by atoms with E-state index in [1.165, 1.54) is 44.5 Å². The van der Waals surface area contributed by atoms with E-state index in [1.807, 2.05) is 0 Å². The second-order valence-corrected chi connectivity index (χ2v) is 5.41. The van der Waals surface area contributed by atoms with E-state index in [1.54, 1.807) is 7.11 Å². The molecule has 0 amide bonds. The maximum absolute atomic E-state index is 5.21. The summed E-state index contributed by atoms with van der Waals surface area (Å²) >= 11 is 0. The summed E-state index contributed by atoms with van der Waals surface area (Å²) in [5, 5.41) is 0. The van der Waals surface area contributed by atoms with Crippen molar-refractivity contribution < 1.29 is 4.74 Å². The molecule has 0 spiro atoms. The molecule has 1 aliphatic carbocycles. The van der Waals surface area contributed by atoms with Crippen molar-refractivity contribution in [2.45, 2.75) is 25.7 Å². The molecule has 1 saturated heterocycles. The van der Waals surface area contributed by atoms with Gasteiger partial charge in [0.25, 0.3) is 0 Å². The molecule has 1 aromatic carbocycles. The van der Waals surface area contributed by atoms with Crippen molar-refractivity contribution in [3.8, 4) is 5.75 Å². The Balaban J connectivity index is 1.72. The SMILES string of the molecule is COc1ccc(N2C[C@H]3CCCC[C@H]3C2)cc1. The Labute approximate surface area is 104 Å². The van der Waals surface area contributed by atoms with Crippen molar-refractivity contribution in [2.75, 3.05) is 25.1 Å². The summed E-state index contributed by atoms with van der Waals surface area (Å²) in [6.45, 7) is 2.52. The quantitative estimate of drug-likeness (QED) is 0.774. The molecule has 2 nitrogen and oxygen atoms in total. The molecule has 1 heterocycles. The third-order valence-electron chi connectivity index (χ3n) is 4.41. The number of hydrogen-bond donors (Lipinski definition) is 0. The third kappa shape index (κ3) is 2.13. The van der Waals surface area contributed by atoms with Crippen LogP contribution in [0, 0.1) is 11.8 Å². The van der Waals surface area contributed by atoms with E-state index in [0.29, 0.717) is 0 Å². The molecule has 2 atom stereocenters. The third-order valence-corrected chi connectivity index (χ3v) is 4.41. The van der Waals surface area contributed by atoms with E-state index in [9.17, 15) is 0 Å². The lowest BCUT2D eigenvalue weighted by molar-refractivity contribution is 0.299. The Morgan fingerprint density at radius 3 is 2.12 bits per heavy atom. The summed E-state index contributed by atoms with van der Waals surface area (Å²) < 4.78 is 5.21. The van der Waals surface area contributed by atoms with Crippen LogP contribution in [0.3, 0.4) is 0 Å². The van der Waals surface area contributed by atoms with Crippen molar-refractivity contribution in [3.05, 3.63) is 24.3 Å². The topological polar surface area (TPSA) is 12.5 Å². The van der Waals surface area contributed by atoms with Crippen LogP contribution in [-0.4, -0.2) is 20.2 Å². The molecule has 92 valence electrons. The Morgan fingerprint density at radius 2 is 1.59 bits per heavy atom. The maximum atomic E-state index is 5.21. The fourth-order valence-corrected chi connectivity index (χ4v) is 3.41. The molecular formula is C15H21NO. The normalized spacial score (nSPS) is 27.9. The number of ether oxygens (including phenoxy) is 1. The molecule has 0 radical (unpaired) electrons. The summed E-state index contributed by atoms with van der Waals surface area (Å²) in [6, 6.07) is 8.51. The second-order valence-electron chi connectivity index (χ2n) is 5.41. The predicted octanol–water partition coefficient (Wildman–Crippen LogP) is 3.32. The van der Waals surface area contributed by atoms with Crippen molar-refractivity contribution >= 4 is 5.69 Å². The van der Waals surface area contributed by atoms with E-state index in [2.05, 4.69) is 29.2 Å². The van der Waals surface area contributed by atoms with Gasteiger partial charge in [0.15, 0.2) is 0 Å². The van der Waals surface area contributed by atoms with E-state index < -0.39 is 0 Å². The molecule has 0 aromatic heterocycles. The molecule has 1 saturated carbocycles. The van der Waals surface area contributed by atoms with Gasteiger partial charge in [-0.3, -0.25) is 0 Å². The fourth-order valence-electron chi connectivity index (χ4n) is 3.41. The van der Waals surface area contributed by atoms with Crippen molar-refractivity contribution in [3.63, 3.8) is 0 Å². The summed E-state index contributed by atoms with van der Waals surface area (Å²) in [7, 11) is 1.72. The van der Waals surface area contributed by atoms with Gasteiger partial charge in [0.05, 0.1) is 7.11 Å². The van der Waals surface area contributed by atoms with Crippen LogP contribution < -0.4 is 9.64 Å². The highest BCUT2D eigenvalue weighted by molar-refractivity contribution is 5.50. The Kier molecular flexibility index (Phi) is 2.96. The molecule has 1 aliphatic heterocycles. The first-order valence-corrected chi connectivity index (χ1v) is 6.76. The summed E-state index contributed by atoms with van der Waals surface area (Å²) in [5.74, 6) is 2.85. The number of anilines is 1. The van der Waals surface area contributed by atoms with Crippen LogP contribution in [0.5, 0.6) is 5.75 Å². The molecular weight excluding hydrogens is 210 g/mol. The summed E-state index contributed by atoms with van der Waals surface area (Å²) in [5.41, 5.74) is 1.36. The van der Waals surface area contributed by atoms with E-state index in [0.717, 1.165) is 17.6 Å². The number of rotatable bonds is 2. The molecule has 0 bridgehead atoms. The molecule has 3 rings (SSSR count). The maximum Gasteiger partial charge on any atom is 0.119 e. The number of fused-ring (bicyclic) bond motifs is 1. The number of benzene rings is 1. The van der Waals surface area contributed by atoms with Crippen molar-refractivity contribution in [2.24, 2.45) is 11.8 Å². The highest BCUT2D eigenvalue weighted by Gasteiger charge is 2.34. The Bertz CT molecular complexity index is 359. The molecule has 1 aromatic rings. The lowest BCUT2D eigenvalue weighted by Crippen LogP contribution is -2.19. The second kappa shape index (κ2) is 4.59. The van der Waals surface area contributed by atoms with Crippen LogP contribution in [0.1, 0.15) is 25.7 Å². The average Bonchev–Trinajstić information content (AvgIpc) is 2.82. The zero-order chi connectivity index (χ0) is 11.7. The molecule has 0 unspecified atom stereocenters. The van der Waals surface area contributed by atoms with Crippen LogP contribution >= 0.6 is 0 Å². The first kappa shape index (κ1) is 10.9. The Morgan fingerprint density at radius 1 is 1.00 bits per heavy atom. The van der Waals surface area contributed by atoms with Gasteiger partial charge < -0.3 is 9.64 Å². The lowest BCUT2D eigenvalue weighted by atomic mass is 9.82.